The second-order valence-electron chi connectivity index (χ2n) is 23.6. The molecule has 0 aliphatic rings. The number of benzene rings is 8. The number of aryl methyl sites for hydroxylation is 2. The number of hydrogen-bond acceptors (Lipinski definition) is 15. The van der Waals surface area contributed by atoms with Crippen molar-refractivity contribution in [2.75, 3.05) is 82.7 Å². The third-order valence-electron chi connectivity index (χ3n) is 15.4. The van der Waals surface area contributed by atoms with Gasteiger partial charge in [-0.2, -0.15) is 0 Å². The third kappa shape index (κ3) is 23.9. The molecule has 0 unspecified atom stereocenters. The maximum absolute atomic E-state index is 12.7. The van der Waals surface area contributed by atoms with Crippen LogP contribution < -0.4 is 51.2 Å². The zero-order chi connectivity index (χ0) is 76.6. The first-order chi connectivity index (χ1) is 52.4. The van der Waals surface area contributed by atoms with Gasteiger partial charge in [0.05, 0.1) is 13.7 Å². The first-order valence-corrected chi connectivity index (χ1v) is 34.0. The Hall–Kier alpha value is -14.3. The van der Waals surface area contributed by atoms with Crippen molar-refractivity contribution in [3.8, 4) is 11.5 Å². The summed E-state index contributed by atoms with van der Waals surface area (Å²) in [5.74, 6) is 1.73. The van der Waals surface area contributed by atoms with Crippen LogP contribution in [-0.4, -0.2) is 108 Å². The second kappa shape index (κ2) is 39.9. The highest BCUT2D eigenvalue weighted by atomic mass is 16.5. The van der Waals surface area contributed by atoms with Gasteiger partial charge in [0.2, 0.25) is 0 Å². The van der Waals surface area contributed by atoms with Gasteiger partial charge in [0, 0.05) is 89.5 Å². The van der Waals surface area contributed by atoms with Crippen molar-refractivity contribution >= 4 is 93.8 Å². The van der Waals surface area contributed by atoms with Crippen molar-refractivity contribution in [3.63, 3.8) is 0 Å². The molecule has 108 heavy (non-hydrogen) atoms. The summed E-state index contributed by atoms with van der Waals surface area (Å²) < 4.78 is 16.2. The number of methoxy groups -OCH3 is 1. The number of anilines is 8. The maximum atomic E-state index is 12.7. The standard InChI is InChI=1S/C23H23N3O4.C22H21N3O2.C20H17N3O3.C20H17N3O2/c1-2-29-13-14-30-19-15-20(25-22(27)17-9-5-3-6-10-17)24-21(16-19)26-23(28)18-11-7-4-8-12-18;1-16-14-19(24(2)21(26)17-10-6-4-7-11-17)23-20(15-16)25(3)22(27)18-12-8-5-9-13-18;1-26-16-12-17(22-19(24)14-8-4-2-5-9-14)21-18(13-16)23-20(25)15-10-6-3-7-11-15;1-14-12-17(22-19(24)15-8-4-2-5-9-15)21-18(13-14)23-20(25)16-10-6-3-7-11-16/h3-12,15-16H,2,13-14H2,1H3,(H2,24,25,26,27,28);4-15H,1-3H3;2-13H,1H3,(H2,21,22,23,24,25);2-13H,1H3,(H2,21,22,23,24,25). The van der Waals surface area contributed by atoms with Crippen LogP contribution in [0.3, 0.4) is 0 Å². The van der Waals surface area contributed by atoms with Gasteiger partial charge in [-0.25, -0.2) is 19.9 Å². The van der Waals surface area contributed by atoms with Gasteiger partial charge in [0.15, 0.2) is 0 Å². The Balaban J connectivity index is 0.000000166. The van der Waals surface area contributed by atoms with Crippen molar-refractivity contribution in [1.29, 1.82) is 0 Å². The summed E-state index contributed by atoms with van der Waals surface area (Å²) in [4.78, 5) is 120. The van der Waals surface area contributed by atoms with Crippen molar-refractivity contribution in [2.45, 2.75) is 20.8 Å². The zero-order valence-electron chi connectivity index (χ0n) is 60.0. The van der Waals surface area contributed by atoms with Gasteiger partial charge in [0.25, 0.3) is 47.3 Å². The van der Waals surface area contributed by atoms with E-state index in [1.165, 1.54) is 16.9 Å². The zero-order valence-corrected chi connectivity index (χ0v) is 60.0. The summed E-state index contributed by atoms with van der Waals surface area (Å²) in [6.07, 6.45) is 0. The van der Waals surface area contributed by atoms with Crippen LogP contribution >= 0.6 is 0 Å². The fourth-order valence-electron chi connectivity index (χ4n) is 10.0. The van der Waals surface area contributed by atoms with Crippen LogP contribution in [0.5, 0.6) is 11.5 Å². The second-order valence-corrected chi connectivity index (χ2v) is 23.6. The Kier molecular flexibility index (Phi) is 28.8. The van der Waals surface area contributed by atoms with E-state index in [4.69, 9.17) is 14.2 Å². The number of carbonyl (C=O) groups is 8. The minimum atomic E-state index is -0.310. The number of hydrogen-bond donors (Lipinski definition) is 6. The van der Waals surface area contributed by atoms with Crippen LogP contribution in [0, 0.1) is 13.8 Å². The maximum Gasteiger partial charge on any atom is 0.259 e. The monoisotopic (exact) mass is 1440 g/mol. The SMILES string of the molecule is CCOCCOc1cc(NC(=O)c2ccccc2)nc(NC(=O)c2ccccc2)c1.COc1cc(NC(=O)c2ccccc2)nc(NC(=O)c2ccccc2)c1.Cc1cc(N(C)C(=O)c2ccccc2)nc(N(C)C(=O)c2ccccc2)c1.Cc1cc(NC(=O)c2ccccc2)nc(NC(=O)c2ccccc2)c1. The van der Waals surface area contributed by atoms with E-state index in [1.807, 2.05) is 106 Å². The Morgan fingerprint density at radius 1 is 0.306 bits per heavy atom. The van der Waals surface area contributed by atoms with Crippen LogP contribution in [0.1, 0.15) is 101 Å². The molecule has 544 valence electrons. The van der Waals surface area contributed by atoms with Crippen molar-refractivity contribution < 1.29 is 52.6 Å². The van der Waals surface area contributed by atoms with Crippen molar-refractivity contribution in [3.05, 3.63) is 347 Å². The predicted octanol–water partition coefficient (Wildman–Crippen LogP) is 15.4. The molecule has 23 heteroatoms. The molecule has 8 aromatic carbocycles. The molecule has 0 aliphatic heterocycles. The van der Waals surface area contributed by atoms with Gasteiger partial charge < -0.3 is 46.1 Å². The minimum Gasteiger partial charge on any atom is -0.496 e. The van der Waals surface area contributed by atoms with E-state index in [0.717, 1.165) is 11.1 Å². The van der Waals surface area contributed by atoms with Crippen molar-refractivity contribution in [2.24, 2.45) is 0 Å². The molecule has 0 fully saturated rings. The molecule has 6 N–H and O–H groups in total. The lowest BCUT2D eigenvalue weighted by atomic mass is 10.2. The predicted molar refractivity (Wildman–Crippen MR) is 420 cm³/mol. The lowest BCUT2D eigenvalue weighted by Gasteiger charge is -2.21. The molecule has 8 amide bonds. The van der Waals surface area contributed by atoms with Crippen LogP contribution in [0.15, 0.2) is 291 Å². The Morgan fingerprint density at radius 3 is 0.787 bits per heavy atom. The van der Waals surface area contributed by atoms with E-state index < -0.39 is 0 Å². The summed E-state index contributed by atoms with van der Waals surface area (Å²) in [6.45, 7) is 7.04. The Morgan fingerprint density at radius 2 is 0.537 bits per heavy atom. The highest BCUT2D eigenvalue weighted by Crippen LogP contribution is 2.26. The Labute approximate surface area is 625 Å². The number of rotatable bonds is 22. The molecule has 0 atom stereocenters. The number of nitrogens with one attached hydrogen (secondary N) is 6. The molecule has 4 heterocycles. The molecule has 0 bridgehead atoms. The molecule has 0 aliphatic carbocycles. The van der Waals surface area contributed by atoms with E-state index in [-0.39, 0.29) is 70.5 Å². The van der Waals surface area contributed by atoms with E-state index in [2.05, 4.69) is 51.8 Å². The number of pyridine rings is 4. The molecule has 0 saturated carbocycles. The van der Waals surface area contributed by atoms with E-state index in [0.29, 0.717) is 99.1 Å². The number of carbonyl (C=O) groups excluding carboxylic acids is 8. The minimum absolute atomic E-state index is 0.156. The van der Waals surface area contributed by atoms with Gasteiger partial charge in [-0.1, -0.05) is 146 Å². The summed E-state index contributed by atoms with van der Waals surface area (Å²) >= 11 is 0. The van der Waals surface area contributed by atoms with E-state index in [1.54, 1.807) is 220 Å². The van der Waals surface area contributed by atoms with Crippen molar-refractivity contribution in [1.82, 2.24) is 19.9 Å². The summed E-state index contributed by atoms with van der Waals surface area (Å²) in [7, 11) is 4.86. The van der Waals surface area contributed by atoms with Gasteiger partial charge >= 0.3 is 0 Å². The molecule has 0 spiro atoms. The van der Waals surface area contributed by atoms with E-state index >= 15 is 0 Å². The topological polar surface area (TPSA) is 294 Å². The largest absolute Gasteiger partial charge is 0.496 e. The highest BCUT2D eigenvalue weighted by Gasteiger charge is 2.21. The number of amides is 8. The highest BCUT2D eigenvalue weighted by molar-refractivity contribution is 6.09. The quantitative estimate of drug-likeness (QED) is 0.0344. The number of aromatic nitrogens is 4. The molecular formula is C85H78N12O11. The Bertz CT molecular complexity index is 4710. The average Bonchev–Trinajstić information content (AvgIpc) is 0.818. The van der Waals surface area contributed by atoms with Crippen LogP contribution in [0.2, 0.25) is 0 Å². The molecule has 12 aromatic rings. The summed E-state index contributed by atoms with van der Waals surface area (Å²) in [6, 6.07) is 84.5. The van der Waals surface area contributed by atoms with Gasteiger partial charge in [-0.05, 0) is 153 Å². The normalized spacial score (nSPS) is 10.2. The molecule has 23 nitrogen and oxygen atoms in total. The smallest absolute Gasteiger partial charge is 0.259 e. The first-order valence-electron chi connectivity index (χ1n) is 34.0. The fraction of sp³-hybridized carbons (Fsp3) is 0.106. The summed E-state index contributed by atoms with van der Waals surface area (Å²) in [5, 5.41) is 16.4. The number of nitrogens with zero attached hydrogens (tertiary/aromatic N) is 6. The van der Waals surface area contributed by atoms with Crippen LogP contribution in [0.25, 0.3) is 0 Å². The van der Waals surface area contributed by atoms with E-state index in [9.17, 15) is 38.4 Å². The number of ether oxygens (including phenoxy) is 3. The average molecular weight is 1440 g/mol. The molecular weight excluding hydrogens is 1370 g/mol. The van der Waals surface area contributed by atoms with Gasteiger partial charge in [0.1, 0.15) is 64.6 Å². The van der Waals surface area contributed by atoms with Gasteiger partial charge in [-0.15, -0.1) is 0 Å². The van der Waals surface area contributed by atoms with Gasteiger partial charge in [-0.3, -0.25) is 48.2 Å². The lowest BCUT2D eigenvalue weighted by Crippen LogP contribution is -2.30. The summed E-state index contributed by atoms with van der Waals surface area (Å²) in [5.41, 5.74) is 6.04. The van der Waals surface area contributed by atoms with Crippen LogP contribution in [0.4, 0.5) is 46.5 Å². The molecule has 12 rings (SSSR count). The lowest BCUT2D eigenvalue weighted by molar-refractivity contribution is 0.0986. The first kappa shape index (κ1) is 77.8. The van der Waals surface area contributed by atoms with Crippen LogP contribution in [-0.2, 0) is 4.74 Å². The molecule has 0 saturated heterocycles. The molecule has 4 aromatic heterocycles. The fourth-order valence-corrected chi connectivity index (χ4v) is 10.0. The third-order valence-corrected chi connectivity index (χ3v) is 15.4. The molecule has 0 radical (unpaired) electrons.